The van der Waals surface area contributed by atoms with Crippen molar-refractivity contribution in [3.8, 4) is 5.75 Å². The molecule has 0 bridgehead atoms. The standard InChI is InChI=1S/C19H16N4O3/c24-18-11-26-17-9-14(4-5-16(17)22-18)19(25)21-15-3-1-2-13(8-15)10-23-7-6-20-12-23/h1-9,12H,10-11H2,(H,21,25)(H,22,24). The smallest absolute Gasteiger partial charge is 0.262 e. The van der Waals surface area contributed by atoms with Gasteiger partial charge in [0.25, 0.3) is 11.8 Å². The van der Waals surface area contributed by atoms with Crippen molar-refractivity contribution in [1.82, 2.24) is 9.55 Å². The number of carbonyl (C=O) groups excluding carboxylic acids is 2. The van der Waals surface area contributed by atoms with Crippen LogP contribution in [-0.4, -0.2) is 28.0 Å². The molecule has 0 fully saturated rings. The predicted octanol–water partition coefficient (Wildman–Crippen LogP) is 2.51. The van der Waals surface area contributed by atoms with Gasteiger partial charge in [0.15, 0.2) is 6.61 Å². The lowest BCUT2D eigenvalue weighted by molar-refractivity contribution is -0.118. The van der Waals surface area contributed by atoms with Gasteiger partial charge in [0.2, 0.25) is 0 Å². The molecule has 7 heteroatoms. The molecule has 2 N–H and O–H groups in total. The molecule has 1 aromatic heterocycles. The number of imidazole rings is 1. The third-order valence-electron chi connectivity index (χ3n) is 3.99. The second kappa shape index (κ2) is 6.72. The molecule has 2 amide bonds. The lowest BCUT2D eigenvalue weighted by Gasteiger charge is -2.18. The van der Waals surface area contributed by atoms with Crippen LogP contribution in [0.25, 0.3) is 0 Å². The van der Waals surface area contributed by atoms with Gasteiger partial charge in [-0.05, 0) is 35.9 Å². The van der Waals surface area contributed by atoms with Gasteiger partial charge in [-0.15, -0.1) is 0 Å². The van der Waals surface area contributed by atoms with Crippen molar-refractivity contribution in [2.24, 2.45) is 0 Å². The zero-order valence-corrected chi connectivity index (χ0v) is 13.8. The van der Waals surface area contributed by atoms with Gasteiger partial charge in [-0.25, -0.2) is 4.98 Å². The van der Waals surface area contributed by atoms with Crippen molar-refractivity contribution >= 4 is 23.2 Å². The minimum absolute atomic E-state index is 0.0473. The number of rotatable bonds is 4. The quantitative estimate of drug-likeness (QED) is 0.759. The van der Waals surface area contributed by atoms with Crippen LogP contribution in [0.1, 0.15) is 15.9 Å². The fraction of sp³-hybridized carbons (Fsp3) is 0.105. The normalized spacial score (nSPS) is 12.7. The van der Waals surface area contributed by atoms with Gasteiger partial charge in [-0.3, -0.25) is 9.59 Å². The minimum Gasteiger partial charge on any atom is -0.482 e. The Bertz CT molecular complexity index is 967. The molecule has 1 aliphatic rings. The zero-order chi connectivity index (χ0) is 17.9. The topological polar surface area (TPSA) is 85.2 Å². The van der Waals surface area contributed by atoms with Gasteiger partial charge in [0.1, 0.15) is 5.75 Å². The molecule has 0 aliphatic carbocycles. The van der Waals surface area contributed by atoms with Crippen LogP contribution < -0.4 is 15.4 Å². The second-order valence-electron chi connectivity index (χ2n) is 5.94. The van der Waals surface area contributed by atoms with E-state index in [2.05, 4.69) is 15.6 Å². The van der Waals surface area contributed by atoms with E-state index < -0.39 is 0 Å². The van der Waals surface area contributed by atoms with Crippen LogP contribution in [0.2, 0.25) is 0 Å². The fourth-order valence-electron chi connectivity index (χ4n) is 2.76. The number of benzene rings is 2. The Balaban J connectivity index is 1.49. The summed E-state index contributed by atoms with van der Waals surface area (Å²) in [5, 5.41) is 5.59. The minimum atomic E-state index is -0.243. The average Bonchev–Trinajstić information content (AvgIpc) is 3.14. The molecule has 3 aromatic rings. The van der Waals surface area contributed by atoms with Crippen LogP contribution in [0.3, 0.4) is 0 Å². The molecular weight excluding hydrogens is 332 g/mol. The van der Waals surface area contributed by atoms with Gasteiger partial charge >= 0.3 is 0 Å². The number of carbonyl (C=O) groups is 2. The highest BCUT2D eigenvalue weighted by Gasteiger charge is 2.18. The molecule has 2 aromatic carbocycles. The number of hydrogen-bond donors (Lipinski definition) is 2. The second-order valence-corrected chi connectivity index (χ2v) is 5.94. The molecule has 0 unspecified atom stereocenters. The van der Waals surface area contributed by atoms with E-state index in [1.54, 1.807) is 30.7 Å². The van der Waals surface area contributed by atoms with Crippen molar-refractivity contribution < 1.29 is 14.3 Å². The van der Waals surface area contributed by atoms with E-state index in [0.29, 0.717) is 29.2 Å². The van der Waals surface area contributed by atoms with Gasteiger partial charge in [0.05, 0.1) is 12.0 Å². The van der Waals surface area contributed by atoms with E-state index in [1.165, 1.54) is 0 Å². The Kier molecular flexibility index (Phi) is 4.10. The summed E-state index contributed by atoms with van der Waals surface area (Å²) in [6.45, 7) is 0.629. The fourth-order valence-corrected chi connectivity index (χ4v) is 2.76. The molecule has 0 atom stereocenters. The highest BCUT2D eigenvalue weighted by molar-refractivity contribution is 6.05. The molecule has 130 valence electrons. The number of amides is 2. The molecule has 26 heavy (non-hydrogen) atoms. The number of fused-ring (bicyclic) bond motifs is 1. The molecule has 0 saturated heterocycles. The number of anilines is 2. The highest BCUT2D eigenvalue weighted by atomic mass is 16.5. The number of nitrogens with one attached hydrogen (secondary N) is 2. The number of ether oxygens (including phenoxy) is 1. The highest BCUT2D eigenvalue weighted by Crippen LogP contribution is 2.28. The third kappa shape index (κ3) is 3.41. The molecule has 1 aliphatic heterocycles. The SMILES string of the molecule is O=C1COc2cc(C(=O)Nc3cccc(Cn4ccnc4)c3)ccc2N1. The maximum atomic E-state index is 12.5. The summed E-state index contributed by atoms with van der Waals surface area (Å²) >= 11 is 0. The molecular formula is C19H16N4O3. The van der Waals surface area contributed by atoms with Crippen LogP contribution in [0.15, 0.2) is 61.2 Å². The molecule has 0 saturated carbocycles. The predicted molar refractivity (Wildman–Crippen MR) is 96.3 cm³/mol. The summed E-state index contributed by atoms with van der Waals surface area (Å²) in [6, 6.07) is 12.6. The molecule has 4 rings (SSSR count). The number of nitrogens with zero attached hydrogens (tertiary/aromatic N) is 2. The summed E-state index contributed by atoms with van der Waals surface area (Å²) in [7, 11) is 0. The van der Waals surface area contributed by atoms with E-state index in [1.807, 2.05) is 35.0 Å². The molecule has 0 spiro atoms. The van der Waals surface area contributed by atoms with Crippen molar-refractivity contribution in [3.05, 3.63) is 72.3 Å². The molecule has 2 heterocycles. The average molecular weight is 348 g/mol. The molecule has 0 radical (unpaired) electrons. The number of hydrogen-bond acceptors (Lipinski definition) is 4. The maximum absolute atomic E-state index is 12.5. The van der Waals surface area contributed by atoms with Gasteiger partial charge in [-0.2, -0.15) is 0 Å². The van der Waals surface area contributed by atoms with Gasteiger partial charge < -0.3 is 19.9 Å². The maximum Gasteiger partial charge on any atom is 0.262 e. The first-order chi connectivity index (χ1) is 12.7. The van der Waals surface area contributed by atoms with Gasteiger partial charge in [0, 0.05) is 30.2 Å². The Hall–Kier alpha value is -3.61. The number of aromatic nitrogens is 2. The lowest BCUT2D eigenvalue weighted by Crippen LogP contribution is -2.25. The van der Waals surface area contributed by atoms with E-state index in [9.17, 15) is 9.59 Å². The van der Waals surface area contributed by atoms with Crippen LogP contribution >= 0.6 is 0 Å². The Morgan fingerprint density at radius 2 is 2.19 bits per heavy atom. The van der Waals surface area contributed by atoms with Crippen LogP contribution in [0.5, 0.6) is 5.75 Å². The van der Waals surface area contributed by atoms with Crippen LogP contribution in [0.4, 0.5) is 11.4 Å². The van der Waals surface area contributed by atoms with Crippen LogP contribution in [-0.2, 0) is 11.3 Å². The van der Waals surface area contributed by atoms with Crippen molar-refractivity contribution in [3.63, 3.8) is 0 Å². The summed E-state index contributed by atoms with van der Waals surface area (Å²) in [6.07, 6.45) is 5.36. The summed E-state index contributed by atoms with van der Waals surface area (Å²) < 4.78 is 7.31. The largest absolute Gasteiger partial charge is 0.482 e. The first-order valence-electron chi connectivity index (χ1n) is 8.10. The van der Waals surface area contributed by atoms with Crippen molar-refractivity contribution in [2.75, 3.05) is 17.2 Å². The Labute approximate surface area is 149 Å². The van der Waals surface area contributed by atoms with Crippen molar-refractivity contribution in [2.45, 2.75) is 6.54 Å². The van der Waals surface area contributed by atoms with Crippen LogP contribution in [0, 0.1) is 0 Å². The van der Waals surface area contributed by atoms with E-state index in [-0.39, 0.29) is 18.4 Å². The first-order valence-corrected chi connectivity index (χ1v) is 8.10. The zero-order valence-electron chi connectivity index (χ0n) is 13.8. The molecule has 7 nitrogen and oxygen atoms in total. The Morgan fingerprint density at radius 3 is 3.04 bits per heavy atom. The Morgan fingerprint density at radius 1 is 1.27 bits per heavy atom. The monoisotopic (exact) mass is 348 g/mol. The van der Waals surface area contributed by atoms with E-state index >= 15 is 0 Å². The van der Waals surface area contributed by atoms with E-state index in [4.69, 9.17) is 4.74 Å². The van der Waals surface area contributed by atoms with Gasteiger partial charge in [-0.1, -0.05) is 12.1 Å². The summed E-state index contributed by atoms with van der Waals surface area (Å²) in [5.74, 6) is 0.0450. The van der Waals surface area contributed by atoms with E-state index in [0.717, 1.165) is 5.56 Å². The third-order valence-corrected chi connectivity index (χ3v) is 3.99. The lowest BCUT2D eigenvalue weighted by atomic mass is 10.1. The first kappa shape index (κ1) is 15.9. The van der Waals surface area contributed by atoms with Crippen molar-refractivity contribution in [1.29, 1.82) is 0 Å². The summed E-state index contributed by atoms with van der Waals surface area (Å²) in [5.41, 5.74) is 2.79. The summed E-state index contributed by atoms with van der Waals surface area (Å²) in [4.78, 5) is 27.9.